The summed E-state index contributed by atoms with van der Waals surface area (Å²) in [6.07, 6.45) is 2.57. The quantitative estimate of drug-likeness (QED) is 0.496. The lowest BCUT2D eigenvalue weighted by atomic mass is 9.93. The Bertz CT molecular complexity index is 336. The molecule has 0 radical (unpaired) electrons. The van der Waals surface area contributed by atoms with Crippen LogP contribution in [0.3, 0.4) is 0 Å². The first-order chi connectivity index (χ1) is 6.16. The molecule has 5 heteroatoms. The Morgan fingerprint density at radius 3 is 2.77 bits per heavy atom. The fourth-order valence-electron chi connectivity index (χ4n) is 1.69. The molecule has 1 atom stereocenters. The van der Waals surface area contributed by atoms with Crippen LogP contribution in [0.4, 0.5) is 11.8 Å². The molecule has 1 aliphatic rings. The van der Waals surface area contributed by atoms with Gasteiger partial charge in [-0.3, -0.25) is 0 Å². The van der Waals surface area contributed by atoms with Crippen LogP contribution in [-0.4, -0.2) is 16.0 Å². The van der Waals surface area contributed by atoms with Crippen LogP contribution in [0.25, 0.3) is 0 Å². The Morgan fingerprint density at radius 1 is 1.23 bits per heavy atom. The Labute approximate surface area is 76.3 Å². The van der Waals surface area contributed by atoms with Crippen molar-refractivity contribution in [2.45, 2.75) is 25.3 Å². The number of fused-ring (bicyclic) bond motifs is 1. The molecule has 0 saturated carbocycles. The summed E-state index contributed by atoms with van der Waals surface area (Å²) in [6.45, 7) is 0. The number of rotatable bonds is 0. The molecule has 70 valence electrons. The molecule has 1 heterocycles. The summed E-state index contributed by atoms with van der Waals surface area (Å²) in [5, 5.41) is 0. The van der Waals surface area contributed by atoms with E-state index in [1.807, 2.05) is 0 Å². The van der Waals surface area contributed by atoms with Gasteiger partial charge in [-0.1, -0.05) is 0 Å². The number of anilines is 2. The van der Waals surface area contributed by atoms with Crippen LogP contribution in [0.2, 0.25) is 0 Å². The van der Waals surface area contributed by atoms with Gasteiger partial charge in [0.05, 0.1) is 5.69 Å². The number of hydrogen-bond donors (Lipinski definition) is 3. The molecule has 0 aliphatic heterocycles. The molecule has 2 rings (SSSR count). The van der Waals surface area contributed by atoms with Gasteiger partial charge in [-0.25, -0.2) is 4.98 Å². The third-order valence-corrected chi connectivity index (χ3v) is 2.36. The highest BCUT2D eigenvalue weighted by atomic mass is 15.0. The number of aromatic nitrogens is 2. The maximum atomic E-state index is 5.81. The summed E-state index contributed by atoms with van der Waals surface area (Å²) in [7, 11) is 0. The highest BCUT2D eigenvalue weighted by Crippen LogP contribution is 2.23. The van der Waals surface area contributed by atoms with Crippen molar-refractivity contribution >= 4 is 11.8 Å². The van der Waals surface area contributed by atoms with Crippen LogP contribution in [0.1, 0.15) is 17.7 Å². The lowest BCUT2D eigenvalue weighted by Gasteiger charge is -2.21. The molecule has 6 N–H and O–H groups in total. The predicted octanol–water partition coefficient (Wildman–Crippen LogP) is -0.543. The van der Waals surface area contributed by atoms with Crippen LogP contribution in [-0.2, 0) is 12.8 Å². The topological polar surface area (TPSA) is 104 Å². The Balaban J connectivity index is 2.47. The average Bonchev–Trinajstić information content (AvgIpc) is 2.06. The van der Waals surface area contributed by atoms with Crippen molar-refractivity contribution < 1.29 is 0 Å². The molecule has 0 bridgehead atoms. The molecule has 1 aromatic rings. The molecule has 5 nitrogen and oxygen atoms in total. The highest BCUT2D eigenvalue weighted by Gasteiger charge is 2.19. The van der Waals surface area contributed by atoms with E-state index in [9.17, 15) is 0 Å². The molecular formula is C8H13N5. The van der Waals surface area contributed by atoms with E-state index in [0.29, 0.717) is 5.82 Å². The van der Waals surface area contributed by atoms with Crippen LogP contribution >= 0.6 is 0 Å². The van der Waals surface area contributed by atoms with E-state index in [1.54, 1.807) is 0 Å². The van der Waals surface area contributed by atoms with Crippen molar-refractivity contribution in [3.63, 3.8) is 0 Å². The van der Waals surface area contributed by atoms with E-state index >= 15 is 0 Å². The van der Waals surface area contributed by atoms with Crippen molar-refractivity contribution in [3.8, 4) is 0 Å². The first-order valence-corrected chi connectivity index (χ1v) is 4.33. The van der Waals surface area contributed by atoms with Gasteiger partial charge in [0.15, 0.2) is 0 Å². The van der Waals surface area contributed by atoms with Crippen molar-refractivity contribution in [2.24, 2.45) is 5.73 Å². The molecule has 0 saturated heterocycles. The first-order valence-electron chi connectivity index (χ1n) is 4.33. The Hall–Kier alpha value is -1.36. The average molecular weight is 179 g/mol. The Kier molecular flexibility index (Phi) is 1.81. The predicted molar refractivity (Wildman–Crippen MR) is 50.9 cm³/mol. The normalized spacial score (nSPS) is 21.2. The zero-order valence-corrected chi connectivity index (χ0v) is 7.33. The van der Waals surface area contributed by atoms with E-state index in [1.165, 1.54) is 0 Å². The monoisotopic (exact) mass is 179 g/mol. The maximum absolute atomic E-state index is 5.81. The van der Waals surface area contributed by atoms with Crippen molar-refractivity contribution in [2.75, 3.05) is 11.5 Å². The lowest BCUT2D eigenvalue weighted by molar-refractivity contribution is 0.566. The minimum Gasteiger partial charge on any atom is -0.383 e. The van der Waals surface area contributed by atoms with Gasteiger partial charge in [-0.05, 0) is 19.3 Å². The molecule has 13 heavy (non-hydrogen) atoms. The first kappa shape index (κ1) is 8.25. The van der Waals surface area contributed by atoms with Crippen molar-refractivity contribution in [1.82, 2.24) is 9.97 Å². The van der Waals surface area contributed by atoms with E-state index in [2.05, 4.69) is 9.97 Å². The largest absolute Gasteiger partial charge is 0.383 e. The minimum absolute atomic E-state index is 0.182. The number of nitrogen functional groups attached to an aromatic ring is 2. The summed E-state index contributed by atoms with van der Waals surface area (Å²) < 4.78 is 0. The number of nitrogens with two attached hydrogens (primary N) is 3. The van der Waals surface area contributed by atoms with E-state index in [4.69, 9.17) is 17.2 Å². The fraction of sp³-hybridized carbons (Fsp3) is 0.500. The minimum atomic E-state index is 0.182. The van der Waals surface area contributed by atoms with Crippen LogP contribution < -0.4 is 17.2 Å². The molecule has 1 unspecified atom stereocenters. The smallest absolute Gasteiger partial charge is 0.222 e. The second kappa shape index (κ2) is 2.85. The fourth-order valence-corrected chi connectivity index (χ4v) is 1.69. The molecule has 0 amide bonds. The van der Waals surface area contributed by atoms with Gasteiger partial charge < -0.3 is 17.2 Å². The van der Waals surface area contributed by atoms with Gasteiger partial charge in [0.2, 0.25) is 5.95 Å². The third kappa shape index (κ3) is 1.42. The SMILES string of the molecule is Nc1nc(N)c2c(n1)CCC(N)C2. The third-order valence-electron chi connectivity index (χ3n) is 2.36. The van der Waals surface area contributed by atoms with E-state index < -0.39 is 0 Å². The van der Waals surface area contributed by atoms with Gasteiger partial charge in [-0.2, -0.15) is 4.98 Å². The Morgan fingerprint density at radius 2 is 2.00 bits per heavy atom. The van der Waals surface area contributed by atoms with Gasteiger partial charge >= 0.3 is 0 Å². The zero-order valence-electron chi connectivity index (χ0n) is 7.33. The van der Waals surface area contributed by atoms with Gasteiger partial charge in [-0.15, -0.1) is 0 Å². The highest BCUT2D eigenvalue weighted by molar-refractivity contribution is 5.47. The van der Waals surface area contributed by atoms with Gasteiger partial charge in [0, 0.05) is 11.6 Å². The van der Waals surface area contributed by atoms with E-state index in [0.717, 1.165) is 30.5 Å². The molecular weight excluding hydrogens is 166 g/mol. The molecule has 0 fully saturated rings. The maximum Gasteiger partial charge on any atom is 0.222 e. The summed E-state index contributed by atoms with van der Waals surface area (Å²) in [6, 6.07) is 0.182. The van der Waals surface area contributed by atoms with Crippen LogP contribution in [0.5, 0.6) is 0 Å². The van der Waals surface area contributed by atoms with Crippen molar-refractivity contribution in [3.05, 3.63) is 11.3 Å². The summed E-state index contributed by atoms with van der Waals surface area (Å²) in [4.78, 5) is 8.05. The van der Waals surface area contributed by atoms with E-state index in [-0.39, 0.29) is 12.0 Å². The second-order valence-electron chi connectivity index (χ2n) is 3.40. The molecule has 0 spiro atoms. The number of hydrogen-bond acceptors (Lipinski definition) is 5. The summed E-state index contributed by atoms with van der Waals surface area (Å²) in [5.74, 6) is 0.740. The second-order valence-corrected chi connectivity index (χ2v) is 3.40. The zero-order chi connectivity index (χ0) is 9.42. The van der Waals surface area contributed by atoms with Gasteiger partial charge in [0.25, 0.3) is 0 Å². The molecule has 0 aromatic carbocycles. The van der Waals surface area contributed by atoms with Crippen molar-refractivity contribution in [1.29, 1.82) is 0 Å². The summed E-state index contributed by atoms with van der Waals surface area (Å²) >= 11 is 0. The molecule has 1 aromatic heterocycles. The lowest BCUT2D eigenvalue weighted by Crippen LogP contribution is -2.29. The number of nitrogens with zero attached hydrogens (tertiary/aromatic N) is 2. The number of aryl methyl sites for hydroxylation is 1. The van der Waals surface area contributed by atoms with Crippen LogP contribution in [0, 0.1) is 0 Å². The van der Waals surface area contributed by atoms with Gasteiger partial charge in [0.1, 0.15) is 5.82 Å². The van der Waals surface area contributed by atoms with Crippen LogP contribution in [0.15, 0.2) is 0 Å². The standard InChI is InChI=1S/C8H13N5/c9-4-1-2-6-5(3-4)7(10)13-8(11)12-6/h4H,1-3,9H2,(H4,10,11,12,13). The molecule has 1 aliphatic carbocycles. The summed E-state index contributed by atoms with van der Waals surface area (Å²) in [5.41, 5.74) is 19.0.